The number of likely N-dealkylation sites (tertiary alicyclic amines) is 1. The fraction of sp³-hybridized carbons (Fsp3) is 0.364. The topological polar surface area (TPSA) is 57.6 Å². The van der Waals surface area contributed by atoms with E-state index in [4.69, 9.17) is 23.2 Å². The third-order valence-corrected chi connectivity index (χ3v) is 5.47. The van der Waals surface area contributed by atoms with Crippen LogP contribution in [0, 0.1) is 5.41 Å². The molecule has 0 aromatic heterocycles. The van der Waals surface area contributed by atoms with Crippen LogP contribution in [0.15, 0.2) is 42.5 Å². The van der Waals surface area contributed by atoms with Crippen LogP contribution in [0.2, 0.25) is 10.0 Å². The zero-order chi connectivity index (χ0) is 20.6. The van der Waals surface area contributed by atoms with Crippen molar-refractivity contribution in [2.24, 2.45) is 5.41 Å². The predicted octanol–water partition coefficient (Wildman–Crippen LogP) is 4.74. The molecule has 0 saturated carbocycles. The molecule has 2 unspecified atom stereocenters. The van der Waals surface area contributed by atoms with Gasteiger partial charge >= 0.3 is 0 Å². The highest BCUT2D eigenvalue weighted by Gasteiger charge is 2.45. The van der Waals surface area contributed by atoms with Gasteiger partial charge in [0.1, 0.15) is 6.10 Å². The second-order valence-corrected chi connectivity index (χ2v) is 9.04. The van der Waals surface area contributed by atoms with Crippen LogP contribution in [-0.2, 0) is 16.0 Å². The lowest BCUT2D eigenvalue weighted by Gasteiger charge is -2.29. The first-order valence-electron chi connectivity index (χ1n) is 9.18. The molecule has 0 radical (unpaired) electrons. The van der Waals surface area contributed by atoms with E-state index in [0.29, 0.717) is 16.5 Å². The van der Waals surface area contributed by atoms with Gasteiger partial charge in [0.05, 0.1) is 0 Å². The van der Waals surface area contributed by atoms with E-state index in [-0.39, 0.29) is 18.4 Å². The molecule has 3 rings (SSSR count). The Labute approximate surface area is 175 Å². The number of rotatable bonds is 3. The fourth-order valence-electron chi connectivity index (χ4n) is 3.42. The minimum atomic E-state index is -1.12. The van der Waals surface area contributed by atoms with E-state index in [2.05, 4.69) is 0 Å². The van der Waals surface area contributed by atoms with Gasteiger partial charge in [-0.3, -0.25) is 14.5 Å². The summed E-state index contributed by atoms with van der Waals surface area (Å²) in [5.41, 5.74) is 2.06. The maximum Gasteiger partial charge on any atom is 0.258 e. The molecule has 4 nitrogen and oxygen atoms in total. The highest BCUT2D eigenvalue weighted by atomic mass is 35.5. The van der Waals surface area contributed by atoms with Crippen LogP contribution < -0.4 is 0 Å². The molecular formula is C22H23Cl2NO3. The number of halogens is 2. The zero-order valence-corrected chi connectivity index (χ0v) is 17.6. The Hall–Kier alpha value is -1.88. The number of benzene rings is 2. The monoisotopic (exact) mass is 419 g/mol. The van der Waals surface area contributed by atoms with Crippen molar-refractivity contribution < 1.29 is 14.7 Å². The molecule has 2 amide bonds. The maximum atomic E-state index is 12.7. The molecule has 1 saturated heterocycles. The first-order valence-corrected chi connectivity index (χ1v) is 9.93. The smallest absolute Gasteiger partial charge is 0.258 e. The summed E-state index contributed by atoms with van der Waals surface area (Å²) in [6.07, 6.45) is -0.377. The van der Waals surface area contributed by atoms with Gasteiger partial charge in [-0.15, -0.1) is 0 Å². The quantitative estimate of drug-likeness (QED) is 0.781. The van der Waals surface area contributed by atoms with Crippen molar-refractivity contribution in [1.82, 2.24) is 4.90 Å². The molecule has 1 heterocycles. The maximum absolute atomic E-state index is 12.7. The van der Waals surface area contributed by atoms with Crippen LogP contribution in [0.25, 0.3) is 11.1 Å². The Balaban J connectivity index is 1.82. The van der Waals surface area contributed by atoms with Crippen LogP contribution in [0.5, 0.6) is 0 Å². The third kappa shape index (κ3) is 4.24. The van der Waals surface area contributed by atoms with Crippen molar-refractivity contribution in [1.29, 1.82) is 0 Å². The molecule has 0 aliphatic carbocycles. The summed E-state index contributed by atoms with van der Waals surface area (Å²) in [6.45, 7) is 5.32. The van der Waals surface area contributed by atoms with Gasteiger partial charge in [-0.1, -0.05) is 68.2 Å². The number of carbonyl (C=O) groups excluding carboxylic acids is 2. The number of nitrogens with zero attached hydrogens (tertiary/aromatic N) is 1. The number of hydrogen-bond acceptors (Lipinski definition) is 3. The van der Waals surface area contributed by atoms with Gasteiger partial charge in [-0.05, 0) is 35.7 Å². The van der Waals surface area contributed by atoms with E-state index in [1.807, 2.05) is 30.3 Å². The summed E-state index contributed by atoms with van der Waals surface area (Å²) in [5, 5.41) is 11.2. The van der Waals surface area contributed by atoms with E-state index in [1.54, 1.807) is 32.9 Å². The molecule has 1 N–H and O–H groups in total. The summed E-state index contributed by atoms with van der Waals surface area (Å²) >= 11 is 12.3. The van der Waals surface area contributed by atoms with Gasteiger partial charge in [0.25, 0.3) is 5.91 Å². The predicted molar refractivity (Wildman–Crippen MR) is 111 cm³/mol. The van der Waals surface area contributed by atoms with E-state index < -0.39 is 17.4 Å². The molecule has 0 bridgehead atoms. The largest absolute Gasteiger partial charge is 0.383 e. The fourth-order valence-corrected chi connectivity index (χ4v) is 3.82. The standard InChI is InChI=1S/C22H23Cl2NO3/c1-22(2,3)21(28)25-16(12-19(26)20(25)27)10-13-4-6-14(7-5-13)17-11-15(23)8-9-18(17)24/h4-9,11,16,19,26H,10,12H2,1-3H3. The lowest BCUT2D eigenvalue weighted by molar-refractivity contribution is -0.151. The van der Waals surface area contributed by atoms with Crippen molar-refractivity contribution in [3.63, 3.8) is 0 Å². The Morgan fingerprint density at radius 1 is 1.14 bits per heavy atom. The van der Waals surface area contributed by atoms with Crippen LogP contribution in [0.1, 0.15) is 32.8 Å². The van der Waals surface area contributed by atoms with E-state index in [0.717, 1.165) is 16.7 Å². The Morgan fingerprint density at radius 2 is 1.79 bits per heavy atom. The normalized spacial score (nSPS) is 19.9. The summed E-state index contributed by atoms with van der Waals surface area (Å²) in [7, 11) is 0. The van der Waals surface area contributed by atoms with Gasteiger partial charge in [-0.25, -0.2) is 0 Å². The second-order valence-electron chi connectivity index (χ2n) is 8.19. The summed E-state index contributed by atoms with van der Waals surface area (Å²) in [4.78, 5) is 26.3. The molecule has 1 fully saturated rings. The first-order chi connectivity index (χ1) is 13.1. The average Bonchev–Trinajstić information content (AvgIpc) is 2.90. The van der Waals surface area contributed by atoms with E-state index in [9.17, 15) is 14.7 Å². The summed E-state index contributed by atoms with van der Waals surface area (Å²) in [6, 6.07) is 12.7. The molecule has 0 spiro atoms. The van der Waals surface area contributed by atoms with Gasteiger partial charge in [0, 0.05) is 33.5 Å². The van der Waals surface area contributed by atoms with Crippen LogP contribution in [-0.4, -0.2) is 34.0 Å². The highest BCUT2D eigenvalue weighted by Crippen LogP contribution is 2.32. The number of aliphatic hydroxyl groups excluding tert-OH is 1. The molecule has 1 aliphatic rings. The zero-order valence-electron chi connectivity index (χ0n) is 16.1. The number of aliphatic hydroxyl groups is 1. The molecule has 1 aliphatic heterocycles. The van der Waals surface area contributed by atoms with Gasteiger partial charge in [-0.2, -0.15) is 0 Å². The molecule has 28 heavy (non-hydrogen) atoms. The van der Waals surface area contributed by atoms with Crippen molar-refractivity contribution >= 4 is 35.0 Å². The lowest BCUT2D eigenvalue weighted by Crippen LogP contribution is -2.46. The number of carbonyl (C=O) groups is 2. The average molecular weight is 420 g/mol. The SMILES string of the molecule is CC(C)(C)C(=O)N1C(=O)C(O)CC1Cc1ccc(-c2cc(Cl)ccc2Cl)cc1. The van der Waals surface area contributed by atoms with Gasteiger partial charge in [0.15, 0.2) is 0 Å². The van der Waals surface area contributed by atoms with Gasteiger partial charge in [0.2, 0.25) is 5.91 Å². The molecule has 2 atom stereocenters. The number of imide groups is 1. The van der Waals surface area contributed by atoms with Crippen molar-refractivity contribution in [2.45, 2.75) is 45.8 Å². The number of hydrogen-bond donors (Lipinski definition) is 1. The summed E-state index contributed by atoms with van der Waals surface area (Å²) in [5.74, 6) is -0.770. The van der Waals surface area contributed by atoms with Crippen LogP contribution >= 0.6 is 23.2 Å². The lowest BCUT2D eigenvalue weighted by atomic mass is 9.93. The molecule has 6 heteroatoms. The van der Waals surface area contributed by atoms with Crippen molar-refractivity contribution in [2.75, 3.05) is 0 Å². The minimum absolute atomic E-state index is 0.253. The van der Waals surface area contributed by atoms with Crippen LogP contribution in [0.4, 0.5) is 0 Å². The van der Waals surface area contributed by atoms with E-state index in [1.165, 1.54) is 4.90 Å². The highest BCUT2D eigenvalue weighted by molar-refractivity contribution is 6.35. The molecular weight excluding hydrogens is 397 g/mol. The second kappa shape index (κ2) is 7.86. The Morgan fingerprint density at radius 3 is 2.39 bits per heavy atom. The Bertz CT molecular complexity index is 903. The van der Waals surface area contributed by atoms with Crippen molar-refractivity contribution in [3.05, 3.63) is 58.1 Å². The van der Waals surface area contributed by atoms with Crippen molar-refractivity contribution in [3.8, 4) is 11.1 Å². The van der Waals surface area contributed by atoms with Crippen LogP contribution in [0.3, 0.4) is 0 Å². The minimum Gasteiger partial charge on any atom is -0.383 e. The molecule has 2 aromatic carbocycles. The number of amides is 2. The third-order valence-electron chi connectivity index (χ3n) is 4.91. The molecule has 2 aromatic rings. The van der Waals surface area contributed by atoms with E-state index >= 15 is 0 Å². The van der Waals surface area contributed by atoms with Gasteiger partial charge < -0.3 is 5.11 Å². The summed E-state index contributed by atoms with van der Waals surface area (Å²) < 4.78 is 0. The Kier molecular flexibility index (Phi) is 5.85. The first kappa shape index (κ1) is 20.8. The molecule has 148 valence electrons.